The highest BCUT2D eigenvalue weighted by Gasteiger charge is 2.35. The lowest BCUT2D eigenvalue weighted by atomic mass is 10.00. The molecular formula is C34H34FN3O7. The van der Waals surface area contributed by atoms with Crippen molar-refractivity contribution in [3.63, 3.8) is 0 Å². The van der Waals surface area contributed by atoms with Gasteiger partial charge in [0.25, 0.3) is 11.8 Å². The lowest BCUT2D eigenvalue weighted by Crippen LogP contribution is -2.58. The first-order valence-corrected chi connectivity index (χ1v) is 14.9. The molecule has 4 bridgehead atoms. The SMILES string of the molecule is COc1ccc2cc1OCC(=O)N[C@@H]1CN(C(=O)c3ccc4oc(C)cc4c3)CC[C@H]1Oc1cc(F)cc(c1)CNC(=O)CC2. The molecule has 3 heterocycles. The summed E-state index contributed by atoms with van der Waals surface area (Å²) in [6.45, 7) is 2.17. The number of hydrogen-bond acceptors (Lipinski definition) is 7. The molecule has 2 atom stereocenters. The number of benzene rings is 3. The van der Waals surface area contributed by atoms with Crippen LogP contribution in [0.1, 0.15) is 40.1 Å². The Kier molecular flexibility index (Phi) is 8.59. The van der Waals surface area contributed by atoms with Crippen molar-refractivity contribution in [1.82, 2.24) is 15.5 Å². The summed E-state index contributed by atoms with van der Waals surface area (Å²) in [6.07, 6.45) is 0.442. The first-order chi connectivity index (χ1) is 21.7. The molecule has 2 aliphatic rings. The second-order valence-electron chi connectivity index (χ2n) is 11.3. The summed E-state index contributed by atoms with van der Waals surface area (Å²) in [5.41, 5.74) is 2.57. The summed E-state index contributed by atoms with van der Waals surface area (Å²) in [6, 6.07) is 16.1. The number of carbonyl (C=O) groups excluding carboxylic acids is 3. The number of likely N-dealkylation sites (tertiary alicyclic amines) is 1. The smallest absolute Gasteiger partial charge is 0.258 e. The van der Waals surface area contributed by atoms with Gasteiger partial charge in [-0.05, 0) is 73.0 Å². The third kappa shape index (κ3) is 7.03. The quantitative estimate of drug-likeness (QED) is 0.345. The lowest BCUT2D eigenvalue weighted by molar-refractivity contribution is -0.125. The number of ether oxygens (including phenoxy) is 3. The van der Waals surface area contributed by atoms with Crippen LogP contribution in [0.15, 0.2) is 65.1 Å². The van der Waals surface area contributed by atoms with Crippen LogP contribution in [-0.4, -0.2) is 61.6 Å². The second-order valence-corrected chi connectivity index (χ2v) is 11.3. The number of methoxy groups -OCH3 is 1. The monoisotopic (exact) mass is 615 g/mol. The van der Waals surface area contributed by atoms with Crippen LogP contribution in [0.25, 0.3) is 11.0 Å². The van der Waals surface area contributed by atoms with E-state index in [-0.39, 0.29) is 43.7 Å². The normalized spacial score (nSPS) is 19.2. The molecule has 0 unspecified atom stereocenters. The van der Waals surface area contributed by atoms with Gasteiger partial charge < -0.3 is 34.2 Å². The zero-order valence-corrected chi connectivity index (χ0v) is 25.1. The number of amides is 3. The van der Waals surface area contributed by atoms with Gasteiger partial charge in [0.2, 0.25) is 5.91 Å². The van der Waals surface area contributed by atoms with Crippen molar-refractivity contribution in [3.8, 4) is 17.2 Å². The Morgan fingerprint density at radius 1 is 1.00 bits per heavy atom. The molecule has 11 heteroatoms. The molecule has 234 valence electrons. The zero-order chi connectivity index (χ0) is 31.5. The molecule has 0 spiro atoms. The zero-order valence-electron chi connectivity index (χ0n) is 25.1. The van der Waals surface area contributed by atoms with Gasteiger partial charge in [-0.1, -0.05) is 6.07 Å². The fraction of sp³-hybridized carbons (Fsp3) is 0.324. The number of halogens is 1. The fourth-order valence-corrected chi connectivity index (χ4v) is 5.78. The van der Waals surface area contributed by atoms with Gasteiger partial charge in [-0.2, -0.15) is 0 Å². The topological polar surface area (TPSA) is 119 Å². The minimum atomic E-state index is -0.628. The van der Waals surface area contributed by atoms with Crippen molar-refractivity contribution in [2.24, 2.45) is 0 Å². The molecule has 0 radical (unpaired) electrons. The maximum Gasteiger partial charge on any atom is 0.258 e. The Hall–Kier alpha value is -5.06. The predicted octanol–water partition coefficient (Wildman–Crippen LogP) is 4.31. The van der Waals surface area contributed by atoms with Crippen molar-refractivity contribution in [2.45, 2.75) is 44.9 Å². The van der Waals surface area contributed by atoms with Crippen LogP contribution >= 0.6 is 0 Å². The first-order valence-electron chi connectivity index (χ1n) is 14.9. The third-order valence-corrected chi connectivity index (χ3v) is 8.01. The van der Waals surface area contributed by atoms with Gasteiger partial charge in [0.15, 0.2) is 18.1 Å². The summed E-state index contributed by atoms with van der Waals surface area (Å²) >= 11 is 0. The number of fused-ring (bicyclic) bond motifs is 6. The van der Waals surface area contributed by atoms with E-state index in [2.05, 4.69) is 10.6 Å². The highest BCUT2D eigenvalue weighted by Crippen LogP contribution is 2.29. The molecule has 1 aromatic heterocycles. The van der Waals surface area contributed by atoms with Crippen molar-refractivity contribution >= 4 is 28.7 Å². The maximum absolute atomic E-state index is 14.6. The van der Waals surface area contributed by atoms with E-state index in [9.17, 15) is 18.8 Å². The summed E-state index contributed by atoms with van der Waals surface area (Å²) in [5, 5.41) is 6.64. The fourth-order valence-electron chi connectivity index (χ4n) is 5.78. The average molecular weight is 616 g/mol. The van der Waals surface area contributed by atoms with Crippen LogP contribution in [0, 0.1) is 12.7 Å². The largest absolute Gasteiger partial charge is 0.493 e. The molecule has 3 amide bonds. The van der Waals surface area contributed by atoms with E-state index >= 15 is 0 Å². The van der Waals surface area contributed by atoms with Crippen molar-refractivity contribution in [3.05, 3.63) is 88.9 Å². The molecule has 2 aliphatic heterocycles. The number of carbonyl (C=O) groups is 3. The van der Waals surface area contributed by atoms with Crippen LogP contribution in [0.2, 0.25) is 0 Å². The standard InChI is InChI=1S/C34H34FN3O7/c1-20-11-24-15-23(5-7-28(24)44-20)34(41)38-10-9-29-27(18-38)37-33(40)19-43-31-14-21(3-6-30(31)42-2)4-8-32(39)36-17-22-12-25(35)16-26(13-22)45-29/h3,5-7,11-16,27,29H,4,8-10,17-19H2,1-2H3,(H,36,39)(H,37,40)/t27-,29-/m1/s1. The molecule has 6 rings (SSSR count). The van der Waals surface area contributed by atoms with Crippen molar-refractivity contribution < 1.29 is 37.4 Å². The van der Waals surface area contributed by atoms with Crippen molar-refractivity contribution in [2.75, 3.05) is 26.8 Å². The number of rotatable bonds is 2. The molecule has 3 aromatic carbocycles. The second kappa shape index (κ2) is 12.9. The Bertz CT molecular complexity index is 1750. The summed E-state index contributed by atoms with van der Waals surface area (Å²) < 4.78 is 37.8. The van der Waals surface area contributed by atoms with E-state index in [1.165, 1.54) is 19.2 Å². The number of nitrogens with one attached hydrogen (secondary N) is 2. The van der Waals surface area contributed by atoms with Gasteiger partial charge in [0.1, 0.15) is 29.0 Å². The molecule has 1 fully saturated rings. The highest BCUT2D eigenvalue weighted by molar-refractivity contribution is 5.98. The molecule has 0 aliphatic carbocycles. The molecule has 2 N–H and O–H groups in total. The minimum absolute atomic E-state index is 0.123. The minimum Gasteiger partial charge on any atom is -0.493 e. The highest BCUT2D eigenvalue weighted by atomic mass is 19.1. The molecule has 10 nitrogen and oxygen atoms in total. The van der Waals surface area contributed by atoms with Gasteiger partial charge in [-0.15, -0.1) is 0 Å². The summed E-state index contributed by atoms with van der Waals surface area (Å²) in [7, 11) is 1.51. The molecule has 45 heavy (non-hydrogen) atoms. The van der Waals surface area contributed by atoms with Crippen LogP contribution in [-0.2, 0) is 22.6 Å². The number of hydrogen-bond donors (Lipinski definition) is 2. The Balaban J connectivity index is 1.27. The first kappa shape index (κ1) is 30.0. The van der Waals surface area contributed by atoms with Crippen LogP contribution < -0.4 is 24.8 Å². The van der Waals surface area contributed by atoms with Crippen LogP contribution in [0.3, 0.4) is 0 Å². The summed E-state index contributed by atoms with van der Waals surface area (Å²) in [4.78, 5) is 41.1. The van der Waals surface area contributed by atoms with Crippen LogP contribution in [0.4, 0.5) is 4.39 Å². The number of nitrogens with zero attached hydrogens (tertiary/aromatic N) is 1. The molecular weight excluding hydrogens is 581 g/mol. The van der Waals surface area contributed by atoms with Gasteiger partial charge in [0.05, 0.1) is 13.2 Å². The average Bonchev–Trinajstić information content (AvgIpc) is 3.41. The maximum atomic E-state index is 14.6. The third-order valence-electron chi connectivity index (χ3n) is 8.01. The van der Waals surface area contributed by atoms with E-state index < -0.39 is 23.9 Å². The van der Waals surface area contributed by atoms with E-state index in [1.54, 1.807) is 41.3 Å². The number of piperidine rings is 1. The number of furan rings is 1. The van der Waals surface area contributed by atoms with E-state index in [4.69, 9.17) is 18.6 Å². The predicted molar refractivity (Wildman–Crippen MR) is 163 cm³/mol. The Morgan fingerprint density at radius 3 is 2.71 bits per heavy atom. The van der Waals surface area contributed by atoms with E-state index in [0.717, 1.165) is 16.7 Å². The summed E-state index contributed by atoms with van der Waals surface area (Å²) in [5.74, 6) is 0.517. The van der Waals surface area contributed by atoms with E-state index in [1.807, 2.05) is 19.1 Å². The van der Waals surface area contributed by atoms with Crippen LogP contribution in [0.5, 0.6) is 17.2 Å². The number of aryl methyl sites for hydroxylation is 2. The van der Waals surface area contributed by atoms with Gasteiger partial charge in [0, 0.05) is 49.5 Å². The van der Waals surface area contributed by atoms with Gasteiger partial charge >= 0.3 is 0 Å². The van der Waals surface area contributed by atoms with Crippen molar-refractivity contribution in [1.29, 1.82) is 0 Å². The Labute approximate surface area is 259 Å². The molecule has 4 aromatic rings. The Morgan fingerprint density at radius 2 is 1.87 bits per heavy atom. The van der Waals surface area contributed by atoms with E-state index in [0.29, 0.717) is 47.6 Å². The van der Waals surface area contributed by atoms with Gasteiger partial charge in [-0.25, -0.2) is 4.39 Å². The molecule has 1 saturated heterocycles. The van der Waals surface area contributed by atoms with Gasteiger partial charge in [-0.3, -0.25) is 14.4 Å². The lowest BCUT2D eigenvalue weighted by Gasteiger charge is -2.39. The molecule has 0 saturated carbocycles.